The number of anilines is 4. The van der Waals surface area contributed by atoms with Gasteiger partial charge >= 0.3 is 0 Å². The van der Waals surface area contributed by atoms with E-state index in [1.165, 1.54) is 0 Å². The molecule has 1 aromatic heterocycles. The first-order valence-electron chi connectivity index (χ1n) is 6.45. The van der Waals surface area contributed by atoms with E-state index in [0.29, 0.717) is 17.5 Å². The van der Waals surface area contributed by atoms with Gasteiger partial charge in [-0.05, 0) is 38.1 Å². The van der Waals surface area contributed by atoms with Crippen molar-refractivity contribution in [2.24, 2.45) is 0 Å². The van der Waals surface area contributed by atoms with Crippen molar-refractivity contribution in [3.8, 4) is 0 Å². The SMILES string of the molecule is C[C@H](O)[C@H](C)Nc1ccnc(Nc2cccc(N)c2)n1. The van der Waals surface area contributed by atoms with Crippen molar-refractivity contribution in [2.75, 3.05) is 16.4 Å². The molecule has 0 spiro atoms. The Morgan fingerprint density at radius 2 is 2.05 bits per heavy atom. The Balaban J connectivity index is 2.10. The number of aliphatic hydroxyl groups is 1. The van der Waals surface area contributed by atoms with E-state index in [2.05, 4.69) is 20.6 Å². The van der Waals surface area contributed by atoms with Crippen LogP contribution in [-0.2, 0) is 0 Å². The molecule has 5 N–H and O–H groups in total. The highest BCUT2D eigenvalue weighted by molar-refractivity contribution is 5.60. The molecule has 0 amide bonds. The summed E-state index contributed by atoms with van der Waals surface area (Å²) in [5.74, 6) is 1.12. The van der Waals surface area contributed by atoms with Crippen LogP contribution in [0.1, 0.15) is 13.8 Å². The van der Waals surface area contributed by atoms with Crippen molar-refractivity contribution in [1.29, 1.82) is 0 Å². The highest BCUT2D eigenvalue weighted by atomic mass is 16.3. The number of rotatable bonds is 5. The molecule has 0 radical (unpaired) electrons. The molecule has 20 heavy (non-hydrogen) atoms. The first-order valence-corrected chi connectivity index (χ1v) is 6.45. The second kappa shape index (κ2) is 6.21. The normalized spacial score (nSPS) is 13.6. The minimum atomic E-state index is -0.463. The van der Waals surface area contributed by atoms with Crippen LogP contribution in [0.4, 0.5) is 23.1 Å². The predicted octanol–water partition coefficient (Wildman–Crippen LogP) is 1.98. The molecule has 0 saturated carbocycles. The van der Waals surface area contributed by atoms with E-state index in [-0.39, 0.29) is 6.04 Å². The lowest BCUT2D eigenvalue weighted by atomic mass is 10.2. The first-order chi connectivity index (χ1) is 9.54. The topological polar surface area (TPSA) is 96.1 Å². The molecule has 0 aliphatic rings. The Kier molecular flexibility index (Phi) is 4.37. The van der Waals surface area contributed by atoms with Crippen molar-refractivity contribution in [3.63, 3.8) is 0 Å². The summed E-state index contributed by atoms with van der Waals surface area (Å²) in [4.78, 5) is 8.49. The number of aliphatic hydroxyl groups excluding tert-OH is 1. The maximum atomic E-state index is 9.48. The van der Waals surface area contributed by atoms with Crippen LogP contribution in [0.15, 0.2) is 36.5 Å². The summed E-state index contributed by atoms with van der Waals surface area (Å²) in [6.07, 6.45) is 1.19. The van der Waals surface area contributed by atoms with E-state index in [0.717, 1.165) is 5.69 Å². The van der Waals surface area contributed by atoms with E-state index < -0.39 is 6.10 Å². The molecule has 0 aliphatic carbocycles. The number of aromatic nitrogens is 2. The lowest BCUT2D eigenvalue weighted by Gasteiger charge is -2.17. The molecule has 0 fully saturated rings. The van der Waals surface area contributed by atoms with Gasteiger partial charge in [0, 0.05) is 17.6 Å². The third-order valence-corrected chi connectivity index (χ3v) is 2.90. The summed E-state index contributed by atoms with van der Waals surface area (Å²) in [5.41, 5.74) is 7.22. The van der Waals surface area contributed by atoms with Gasteiger partial charge in [0.2, 0.25) is 5.95 Å². The molecule has 2 atom stereocenters. The molecule has 0 unspecified atom stereocenters. The van der Waals surface area contributed by atoms with Gasteiger partial charge in [-0.1, -0.05) is 6.07 Å². The fraction of sp³-hybridized carbons (Fsp3) is 0.286. The number of nitrogens with two attached hydrogens (primary N) is 1. The third-order valence-electron chi connectivity index (χ3n) is 2.90. The predicted molar refractivity (Wildman–Crippen MR) is 80.9 cm³/mol. The molecule has 6 heteroatoms. The van der Waals surface area contributed by atoms with Crippen LogP contribution in [0, 0.1) is 0 Å². The van der Waals surface area contributed by atoms with Gasteiger partial charge in [-0.2, -0.15) is 4.98 Å². The van der Waals surface area contributed by atoms with Crippen molar-refractivity contribution in [1.82, 2.24) is 9.97 Å². The van der Waals surface area contributed by atoms with Crippen LogP contribution in [0.5, 0.6) is 0 Å². The van der Waals surface area contributed by atoms with Crippen LogP contribution in [0.3, 0.4) is 0 Å². The molecule has 106 valence electrons. The first kappa shape index (κ1) is 14.1. The third kappa shape index (κ3) is 3.83. The minimum absolute atomic E-state index is 0.0925. The minimum Gasteiger partial charge on any atom is -0.399 e. The molecule has 1 heterocycles. The van der Waals surface area contributed by atoms with Crippen LogP contribution < -0.4 is 16.4 Å². The second-order valence-electron chi connectivity index (χ2n) is 4.69. The summed E-state index contributed by atoms with van der Waals surface area (Å²) in [6, 6.07) is 9.03. The molecule has 0 aliphatic heterocycles. The zero-order valence-electron chi connectivity index (χ0n) is 11.5. The number of nitrogen functional groups attached to an aromatic ring is 1. The Morgan fingerprint density at radius 1 is 1.25 bits per heavy atom. The summed E-state index contributed by atoms with van der Waals surface area (Å²) < 4.78 is 0. The van der Waals surface area contributed by atoms with Gasteiger partial charge < -0.3 is 21.5 Å². The van der Waals surface area contributed by atoms with Crippen molar-refractivity contribution in [3.05, 3.63) is 36.5 Å². The van der Waals surface area contributed by atoms with Gasteiger partial charge in [-0.3, -0.25) is 0 Å². The van der Waals surface area contributed by atoms with Gasteiger partial charge in [0.25, 0.3) is 0 Å². The fourth-order valence-corrected chi connectivity index (χ4v) is 1.60. The van der Waals surface area contributed by atoms with Crippen LogP contribution in [0.2, 0.25) is 0 Å². The average molecular weight is 273 g/mol. The molecule has 2 aromatic rings. The maximum absolute atomic E-state index is 9.48. The maximum Gasteiger partial charge on any atom is 0.229 e. The summed E-state index contributed by atoms with van der Waals surface area (Å²) >= 11 is 0. The quantitative estimate of drug-likeness (QED) is 0.622. The van der Waals surface area contributed by atoms with Gasteiger partial charge in [0.15, 0.2) is 0 Å². The second-order valence-corrected chi connectivity index (χ2v) is 4.69. The van der Waals surface area contributed by atoms with Gasteiger partial charge in [0.05, 0.1) is 12.1 Å². The fourth-order valence-electron chi connectivity index (χ4n) is 1.60. The summed E-state index contributed by atoms with van der Waals surface area (Å²) in [7, 11) is 0. The Morgan fingerprint density at radius 3 is 2.75 bits per heavy atom. The number of nitrogens with zero attached hydrogens (tertiary/aromatic N) is 2. The zero-order chi connectivity index (χ0) is 14.5. The molecule has 6 nitrogen and oxygen atoms in total. The van der Waals surface area contributed by atoms with E-state index in [1.807, 2.05) is 31.2 Å². The van der Waals surface area contributed by atoms with Gasteiger partial charge in [-0.15, -0.1) is 0 Å². The standard InChI is InChI=1S/C14H19N5O/c1-9(10(2)20)17-13-6-7-16-14(19-13)18-12-5-3-4-11(15)8-12/h3-10,20H,15H2,1-2H3,(H2,16,17,18,19)/t9-,10-/m0/s1. The monoisotopic (exact) mass is 273 g/mol. The van der Waals surface area contributed by atoms with E-state index >= 15 is 0 Å². The Labute approximate surface area is 118 Å². The lowest BCUT2D eigenvalue weighted by Crippen LogP contribution is -2.28. The van der Waals surface area contributed by atoms with E-state index in [9.17, 15) is 5.11 Å². The van der Waals surface area contributed by atoms with E-state index in [4.69, 9.17) is 5.73 Å². The lowest BCUT2D eigenvalue weighted by molar-refractivity contribution is 0.177. The molecule has 1 aromatic carbocycles. The zero-order valence-corrected chi connectivity index (χ0v) is 11.5. The number of nitrogens with one attached hydrogen (secondary N) is 2. The van der Waals surface area contributed by atoms with Crippen LogP contribution in [0.25, 0.3) is 0 Å². The largest absolute Gasteiger partial charge is 0.399 e. The van der Waals surface area contributed by atoms with Gasteiger partial charge in [0.1, 0.15) is 5.82 Å². The van der Waals surface area contributed by atoms with Gasteiger partial charge in [-0.25, -0.2) is 4.98 Å². The number of hydrogen-bond donors (Lipinski definition) is 4. The van der Waals surface area contributed by atoms with Crippen molar-refractivity contribution < 1.29 is 5.11 Å². The van der Waals surface area contributed by atoms with Crippen molar-refractivity contribution in [2.45, 2.75) is 26.0 Å². The highest BCUT2D eigenvalue weighted by Crippen LogP contribution is 2.17. The Bertz CT molecular complexity index is 573. The van der Waals surface area contributed by atoms with Crippen molar-refractivity contribution >= 4 is 23.1 Å². The van der Waals surface area contributed by atoms with Crippen LogP contribution in [-0.4, -0.2) is 27.2 Å². The number of benzene rings is 1. The van der Waals surface area contributed by atoms with E-state index in [1.54, 1.807) is 19.2 Å². The Hall–Kier alpha value is -2.34. The highest BCUT2D eigenvalue weighted by Gasteiger charge is 2.09. The molecular weight excluding hydrogens is 254 g/mol. The molecule has 2 rings (SSSR count). The summed E-state index contributed by atoms with van der Waals surface area (Å²) in [5, 5.41) is 15.7. The molecule has 0 saturated heterocycles. The number of hydrogen-bond acceptors (Lipinski definition) is 6. The molecule has 0 bridgehead atoms. The van der Waals surface area contributed by atoms with Crippen LogP contribution >= 0.6 is 0 Å². The smallest absolute Gasteiger partial charge is 0.229 e. The summed E-state index contributed by atoms with van der Waals surface area (Å²) in [6.45, 7) is 3.61. The average Bonchev–Trinajstić information content (AvgIpc) is 2.39. The molecular formula is C14H19N5O.